The van der Waals surface area contributed by atoms with Crippen molar-refractivity contribution in [2.24, 2.45) is 0 Å². The van der Waals surface area contributed by atoms with Crippen LogP contribution in [0, 0.1) is 0 Å². The number of aliphatic hydroxyl groups excluding tert-OH is 1. The molecule has 0 atom stereocenters. The van der Waals surface area contributed by atoms with Gasteiger partial charge in [0.1, 0.15) is 5.82 Å². The number of aliphatic hydroxyl groups is 1. The number of hydrogen-bond acceptors (Lipinski definition) is 6. The van der Waals surface area contributed by atoms with Crippen molar-refractivity contribution in [3.05, 3.63) is 5.82 Å². The zero-order chi connectivity index (χ0) is 9.68. The van der Waals surface area contributed by atoms with Gasteiger partial charge in [0.2, 0.25) is 11.9 Å². The average Bonchev–Trinajstić information content (AvgIpc) is 2.03. The van der Waals surface area contributed by atoms with Gasteiger partial charge in [-0.15, -0.1) is 0 Å². The molecule has 0 bridgehead atoms. The van der Waals surface area contributed by atoms with Gasteiger partial charge in [0, 0.05) is 13.0 Å². The summed E-state index contributed by atoms with van der Waals surface area (Å²) in [6.07, 6.45) is 2.21. The summed E-state index contributed by atoms with van der Waals surface area (Å²) in [4.78, 5) is 11.4. The van der Waals surface area contributed by atoms with Crippen LogP contribution in [-0.2, 0) is 6.42 Å². The SMILES string of the molecule is Nc1nc(N)nc(CCCCO)n1. The van der Waals surface area contributed by atoms with E-state index >= 15 is 0 Å². The summed E-state index contributed by atoms with van der Waals surface area (Å²) in [7, 11) is 0. The number of anilines is 2. The molecule has 72 valence electrons. The third-order valence-electron chi connectivity index (χ3n) is 1.52. The van der Waals surface area contributed by atoms with E-state index in [2.05, 4.69) is 15.0 Å². The van der Waals surface area contributed by atoms with Crippen molar-refractivity contribution >= 4 is 11.9 Å². The normalized spacial score (nSPS) is 10.2. The van der Waals surface area contributed by atoms with E-state index in [0.717, 1.165) is 12.8 Å². The number of hydrogen-bond donors (Lipinski definition) is 3. The van der Waals surface area contributed by atoms with Crippen LogP contribution in [0.5, 0.6) is 0 Å². The molecule has 0 saturated heterocycles. The van der Waals surface area contributed by atoms with Gasteiger partial charge in [-0.1, -0.05) is 0 Å². The van der Waals surface area contributed by atoms with E-state index in [1.165, 1.54) is 0 Å². The minimum Gasteiger partial charge on any atom is -0.396 e. The maximum atomic E-state index is 8.55. The minimum atomic E-state index is 0.145. The van der Waals surface area contributed by atoms with E-state index in [9.17, 15) is 0 Å². The average molecular weight is 183 g/mol. The number of aromatic nitrogens is 3. The van der Waals surface area contributed by atoms with Gasteiger partial charge in [0.15, 0.2) is 0 Å². The van der Waals surface area contributed by atoms with Crippen LogP contribution >= 0.6 is 0 Å². The van der Waals surface area contributed by atoms with E-state index in [1.807, 2.05) is 0 Å². The van der Waals surface area contributed by atoms with Crippen LogP contribution in [0.25, 0.3) is 0 Å². The topological polar surface area (TPSA) is 111 Å². The van der Waals surface area contributed by atoms with Gasteiger partial charge in [-0.05, 0) is 12.8 Å². The maximum absolute atomic E-state index is 8.55. The molecule has 0 radical (unpaired) electrons. The lowest BCUT2D eigenvalue weighted by molar-refractivity contribution is 0.284. The predicted molar refractivity (Wildman–Crippen MR) is 48.7 cm³/mol. The zero-order valence-electron chi connectivity index (χ0n) is 7.27. The van der Waals surface area contributed by atoms with E-state index in [0.29, 0.717) is 12.2 Å². The molecule has 0 aliphatic rings. The fraction of sp³-hybridized carbons (Fsp3) is 0.571. The molecular formula is C7H13N5O. The van der Waals surface area contributed by atoms with Gasteiger partial charge in [-0.3, -0.25) is 0 Å². The Labute approximate surface area is 76.0 Å². The first-order valence-corrected chi connectivity index (χ1v) is 4.09. The number of nitrogens with two attached hydrogens (primary N) is 2. The molecule has 1 aromatic heterocycles. The number of rotatable bonds is 4. The molecule has 0 spiro atoms. The van der Waals surface area contributed by atoms with Crippen molar-refractivity contribution in [3.8, 4) is 0 Å². The molecule has 13 heavy (non-hydrogen) atoms. The van der Waals surface area contributed by atoms with Gasteiger partial charge in [0.25, 0.3) is 0 Å². The Morgan fingerprint density at radius 3 is 2.15 bits per heavy atom. The number of nitrogen functional groups attached to an aromatic ring is 2. The van der Waals surface area contributed by atoms with E-state index in [4.69, 9.17) is 16.6 Å². The van der Waals surface area contributed by atoms with E-state index in [-0.39, 0.29) is 18.5 Å². The molecule has 6 nitrogen and oxygen atoms in total. The fourth-order valence-electron chi connectivity index (χ4n) is 0.964. The number of nitrogens with zero attached hydrogens (tertiary/aromatic N) is 3. The standard InChI is InChI=1S/C7H13N5O/c8-6-10-5(3-1-2-4-13)11-7(9)12-6/h13H,1-4H2,(H4,8,9,10,11,12). The van der Waals surface area contributed by atoms with Gasteiger partial charge < -0.3 is 16.6 Å². The lowest BCUT2D eigenvalue weighted by Crippen LogP contribution is -2.06. The van der Waals surface area contributed by atoms with Crippen LogP contribution in [0.1, 0.15) is 18.7 Å². The summed E-state index contributed by atoms with van der Waals surface area (Å²) < 4.78 is 0. The van der Waals surface area contributed by atoms with Crippen molar-refractivity contribution in [2.75, 3.05) is 18.1 Å². The monoisotopic (exact) mass is 183 g/mol. The highest BCUT2D eigenvalue weighted by molar-refractivity contribution is 5.25. The van der Waals surface area contributed by atoms with Crippen LogP contribution < -0.4 is 11.5 Å². The summed E-state index contributed by atoms with van der Waals surface area (Å²) in [6, 6.07) is 0. The van der Waals surface area contributed by atoms with Crippen molar-refractivity contribution < 1.29 is 5.11 Å². The molecular weight excluding hydrogens is 170 g/mol. The predicted octanol–water partition coefficient (Wildman–Crippen LogP) is -0.649. The Hall–Kier alpha value is -1.43. The number of unbranched alkanes of at least 4 members (excludes halogenated alkanes) is 1. The second kappa shape index (κ2) is 4.56. The first-order chi connectivity index (χ1) is 6.22. The quantitative estimate of drug-likeness (QED) is 0.535. The molecule has 0 aliphatic heterocycles. The molecule has 0 amide bonds. The summed E-state index contributed by atoms with van der Waals surface area (Å²) in [5.74, 6) is 0.872. The minimum absolute atomic E-state index is 0.145. The maximum Gasteiger partial charge on any atom is 0.225 e. The highest BCUT2D eigenvalue weighted by atomic mass is 16.2. The third-order valence-corrected chi connectivity index (χ3v) is 1.52. The lowest BCUT2D eigenvalue weighted by Gasteiger charge is -2.00. The van der Waals surface area contributed by atoms with Crippen LogP contribution in [0.4, 0.5) is 11.9 Å². The smallest absolute Gasteiger partial charge is 0.225 e. The lowest BCUT2D eigenvalue weighted by atomic mass is 10.2. The Bertz CT molecular complexity index is 257. The zero-order valence-corrected chi connectivity index (χ0v) is 7.27. The summed E-state index contributed by atoms with van der Waals surface area (Å²) in [5, 5.41) is 8.55. The molecule has 0 aliphatic carbocycles. The first kappa shape index (κ1) is 9.66. The molecule has 0 fully saturated rings. The number of aryl methyl sites for hydroxylation is 1. The highest BCUT2D eigenvalue weighted by Crippen LogP contribution is 2.02. The van der Waals surface area contributed by atoms with Crippen molar-refractivity contribution in [1.29, 1.82) is 0 Å². The van der Waals surface area contributed by atoms with E-state index in [1.54, 1.807) is 0 Å². The molecule has 5 N–H and O–H groups in total. The highest BCUT2D eigenvalue weighted by Gasteiger charge is 2.00. The second-order valence-corrected chi connectivity index (χ2v) is 2.65. The fourth-order valence-corrected chi connectivity index (χ4v) is 0.964. The Morgan fingerprint density at radius 2 is 1.62 bits per heavy atom. The van der Waals surface area contributed by atoms with Gasteiger partial charge >= 0.3 is 0 Å². The molecule has 0 aromatic carbocycles. The molecule has 1 heterocycles. The van der Waals surface area contributed by atoms with Crippen molar-refractivity contribution in [1.82, 2.24) is 15.0 Å². The van der Waals surface area contributed by atoms with Crippen LogP contribution in [0.2, 0.25) is 0 Å². The molecule has 6 heteroatoms. The Balaban J connectivity index is 2.56. The molecule has 1 rings (SSSR count). The van der Waals surface area contributed by atoms with Crippen LogP contribution in [-0.4, -0.2) is 26.7 Å². The summed E-state index contributed by atoms with van der Waals surface area (Å²) in [6.45, 7) is 0.177. The van der Waals surface area contributed by atoms with Crippen LogP contribution in [0.3, 0.4) is 0 Å². The summed E-state index contributed by atoms with van der Waals surface area (Å²) >= 11 is 0. The van der Waals surface area contributed by atoms with Gasteiger partial charge in [-0.25, -0.2) is 0 Å². The van der Waals surface area contributed by atoms with Gasteiger partial charge in [0.05, 0.1) is 0 Å². The van der Waals surface area contributed by atoms with Crippen molar-refractivity contribution in [2.45, 2.75) is 19.3 Å². The van der Waals surface area contributed by atoms with Gasteiger partial charge in [-0.2, -0.15) is 15.0 Å². The van der Waals surface area contributed by atoms with E-state index < -0.39 is 0 Å². The second-order valence-electron chi connectivity index (χ2n) is 2.65. The van der Waals surface area contributed by atoms with Crippen molar-refractivity contribution in [3.63, 3.8) is 0 Å². The Morgan fingerprint density at radius 1 is 1.00 bits per heavy atom. The van der Waals surface area contributed by atoms with Crippen LogP contribution in [0.15, 0.2) is 0 Å². The molecule has 0 unspecified atom stereocenters. The largest absolute Gasteiger partial charge is 0.396 e. The Kier molecular flexibility index (Phi) is 3.39. The summed E-state index contributed by atoms with van der Waals surface area (Å²) in [5.41, 5.74) is 10.7. The first-order valence-electron chi connectivity index (χ1n) is 4.09. The third kappa shape index (κ3) is 3.20. The molecule has 0 saturated carbocycles. The molecule has 1 aromatic rings.